The van der Waals surface area contributed by atoms with E-state index in [4.69, 9.17) is 10.5 Å². The van der Waals surface area contributed by atoms with Crippen LogP contribution in [-0.2, 0) is 6.18 Å². The fourth-order valence-corrected chi connectivity index (χ4v) is 1.69. The fourth-order valence-electron chi connectivity index (χ4n) is 1.69. The highest BCUT2D eigenvalue weighted by Gasteiger charge is 2.32. The molecule has 1 aromatic rings. The molecule has 0 aromatic heterocycles. The Bertz CT molecular complexity index is 511. The number of halogens is 3. The Hall–Kier alpha value is -1.76. The molecule has 0 heterocycles. The van der Waals surface area contributed by atoms with Crippen molar-refractivity contribution in [3.63, 3.8) is 0 Å². The molecule has 1 amide bonds. The highest BCUT2D eigenvalue weighted by atomic mass is 19.4. The molecule has 0 atom stereocenters. The fraction of sp³-hybridized carbons (Fsp3) is 0.500. The lowest BCUT2D eigenvalue weighted by Crippen LogP contribution is -2.34. The van der Waals surface area contributed by atoms with Crippen LogP contribution in [0.5, 0.6) is 5.75 Å². The van der Waals surface area contributed by atoms with E-state index in [-0.39, 0.29) is 17.9 Å². The van der Waals surface area contributed by atoms with Crippen molar-refractivity contribution in [3.8, 4) is 5.75 Å². The summed E-state index contributed by atoms with van der Waals surface area (Å²) in [5, 5.41) is 10.1. The third kappa shape index (κ3) is 4.35. The van der Waals surface area contributed by atoms with Gasteiger partial charge in [0.05, 0.1) is 16.7 Å². The number of benzene rings is 1. The summed E-state index contributed by atoms with van der Waals surface area (Å²) in [4.78, 5) is 11.3. The third-order valence-corrected chi connectivity index (χ3v) is 3.38. The topological polar surface area (TPSA) is 72.6 Å². The second-order valence-electron chi connectivity index (χ2n) is 4.79. The maximum atomic E-state index is 12.6. The van der Waals surface area contributed by atoms with Crippen LogP contribution < -0.4 is 10.5 Å². The quantitative estimate of drug-likeness (QED) is 0.849. The van der Waals surface area contributed by atoms with Crippen LogP contribution in [0.4, 0.5) is 13.2 Å². The van der Waals surface area contributed by atoms with E-state index in [1.54, 1.807) is 13.8 Å². The summed E-state index contributed by atoms with van der Waals surface area (Å²) in [6.45, 7) is 3.38. The van der Waals surface area contributed by atoms with Crippen LogP contribution in [0.3, 0.4) is 0 Å². The predicted molar refractivity (Wildman–Crippen MR) is 71.0 cm³/mol. The first kappa shape index (κ1) is 17.3. The molecule has 0 aliphatic heterocycles. The van der Waals surface area contributed by atoms with E-state index in [1.807, 2.05) is 0 Å². The first-order chi connectivity index (χ1) is 9.63. The number of nitrogens with two attached hydrogens (primary N) is 1. The lowest BCUT2D eigenvalue weighted by atomic mass is 9.99. The van der Waals surface area contributed by atoms with Crippen molar-refractivity contribution < 1.29 is 27.8 Å². The Morgan fingerprint density at radius 2 is 1.86 bits per heavy atom. The van der Waals surface area contributed by atoms with E-state index in [9.17, 15) is 23.1 Å². The van der Waals surface area contributed by atoms with Gasteiger partial charge in [-0.3, -0.25) is 4.79 Å². The van der Waals surface area contributed by atoms with Gasteiger partial charge in [-0.05, 0) is 31.0 Å². The van der Waals surface area contributed by atoms with Gasteiger partial charge in [-0.1, -0.05) is 13.8 Å². The molecule has 118 valence electrons. The van der Waals surface area contributed by atoms with Gasteiger partial charge >= 0.3 is 6.18 Å². The van der Waals surface area contributed by atoms with Gasteiger partial charge < -0.3 is 15.6 Å². The predicted octanol–water partition coefficient (Wildman–Crippen LogP) is 2.73. The lowest BCUT2D eigenvalue weighted by Gasteiger charge is -2.25. The van der Waals surface area contributed by atoms with Crippen molar-refractivity contribution in [1.29, 1.82) is 0 Å². The molecule has 7 heteroatoms. The highest BCUT2D eigenvalue weighted by Crippen LogP contribution is 2.32. The average molecular weight is 305 g/mol. The van der Waals surface area contributed by atoms with E-state index in [2.05, 4.69) is 0 Å². The molecule has 0 saturated heterocycles. The van der Waals surface area contributed by atoms with Crippen molar-refractivity contribution in [1.82, 2.24) is 0 Å². The monoisotopic (exact) mass is 305 g/mol. The number of rotatable bonds is 6. The Kier molecular flexibility index (Phi) is 5.22. The summed E-state index contributed by atoms with van der Waals surface area (Å²) in [5.74, 6) is -1.09. The van der Waals surface area contributed by atoms with Crippen LogP contribution in [0.15, 0.2) is 18.2 Å². The Morgan fingerprint density at radius 3 is 2.29 bits per heavy atom. The second kappa shape index (κ2) is 6.34. The molecule has 0 spiro atoms. The molecule has 0 fully saturated rings. The maximum Gasteiger partial charge on any atom is 0.416 e. The molecule has 3 N–H and O–H groups in total. The van der Waals surface area contributed by atoms with Gasteiger partial charge in [0.2, 0.25) is 0 Å². The number of carbonyl (C=O) groups is 1. The van der Waals surface area contributed by atoms with Gasteiger partial charge in [-0.15, -0.1) is 0 Å². The van der Waals surface area contributed by atoms with Crippen molar-refractivity contribution >= 4 is 5.91 Å². The molecule has 0 unspecified atom stereocenters. The number of ether oxygens (including phenoxy) is 1. The number of amides is 1. The summed E-state index contributed by atoms with van der Waals surface area (Å²) in [6.07, 6.45) is -3.75. The van der Waals surface area contributed by atoms with Gasteiger partial charge in [-0.2, -0.15) is 13.2 Å². The Labute approximate surface area is 120 Å². The van der Waals surface area contributed by atoms with Gasteiger partial charge in [-0.25, -0.2) is 0 Å². The minimum Gasteiger partial charge on any atom is -0.490 e. The minimum atomic E-state index is -4.57. The highest BCUT2D eigenvalue weighted by molar-refractivity contribution is 5.95. The molecule has 1 aromatic carbocycles. The van der Waals surface area contributed by atoms with Crippen LogP contribution in [-0.4, -0.2) is 23.2 Å². The molecular weight excluding hydrogens is 287 g/mol. The molecule has 0 aliphatic rings. The number of carbonyl (C=O) groups excluding carboxylic acids is 1. The van der Waals surface area contributed by atoms with E-state index in [0.717, 1.165) is 12.1 Å². The number of hydrogen-bond donors (Lipinski definition) is 2. The summed E-state index contributed by atoms with van der Waals surface area (Å²) >= 11 is 0. The molecule has 0 bridgehead atoms. The van der Waals surface area contributed by atoms with Crippen molar-refractivity contribution in [2.24, 2.45) is 5.73 Å². The van der Waals surface area contributed by atoms with E-state index in [0.29, 0.717) is 18.9 Å². The minimum absolute atomic E-state index is 0.0733. The lowest BCUT2D eigenvalue weighted by molar-refractivity contribution is -0.137. The van der Waals surface area contributed by atoms with Crippen molar-refractivity contribution in [2.75, 3.05) is 6.61 Å². The van der Waals surface area contributed by atoms with Crippen LogP contribution in [0.1, 0.15) is 42.6 Å². The third-order valence-electron chi connectivity index (χ3n) is 3.38. The summed E-state index contributed by atoms with van der Waals surface area (Å²) in [6, 6.07) is 2.49. The maximum absolute atomic E-state index is 12.6. The number of alkyl halides is 3. The molecule has 21 heavy (non-hydrogen) atoms. The van der Waals surface area contributed by atoms with Crippen molar-refractivity contribution in [2.45, 2.75) is 38.5 Å². The number of hydrogen-bond acceptors (Lipinski definition) is 3. The normalized spacial score (nSPS) is 12.3. The van der Waals surface area contributed by atoms with E-state index < -0.39 is 23.2 Å². The number of primary amides is 1. The van der Waals surface area contributed by atoms with Crippen LogP contribution in [0.2, 0.25) is 0 Å². The van der Waals surface area contributed by atoms with E-state index in [1.165, 1.54) is 0 Å². The van der Waals surface area contributed by atoms with Crippen molar-refractivity contribution in [3.05, 3.63) is 29.3 Å². The molecule has 0 aliphatic carbocycles. The molecule has 4 nitrogen and oxygen atoms in total. The smallest absolute Gasteiger partial charge is 0.416 e. The van der Waals surface area contributed by atoms with Crippen LogP contribution in [0, 0.1) is 0 Å². The van der Waals surface area contributed by atoms with Gasteiger partial charge in [0.25, 0.3) is 5.91 Å². The Morgan fingerprint density at radius 1 is 1.29 bits per heavy atom. The zero-order valence-corrected chi connectivity index (χ0v) is 11.8. The SMILES string of the molecule is CCC(O)(CC)COc1ccc(C(F)(F)F)cc1C(N)=O. The first-order valence-electron chi connectivity index (χ1n) is 6.49. The molecule has 0 radical (unpaired) electrons. The second-order valence-corrected chi connectivity index (χ2v) is 4.79. The zero-order chi connectivity index (χ0) is 16.3. The average Bonchev–Trinajstić information content (AvgIpc) is 2.43. The standard InChI is InChI=1S/C14H18F3NO3/c1-3-13(20,4-2)8-21-11-6-5-9(14(15,16)17)7-10(11)12(18)19/h5-7,20H,3-4,8H2,1-2H3,(H2,18,19). The van der Waals surface area contributed by atoms with Gasteiger partial charge in [0.1, 0.15) is 12.4 Å². The van der Waals surface area contributed by atoms with Crippen LogP contribution >= 0.6 is 0 Å². The summed E-state index contributed by atoms with van der Waals surface area (Å²) in [5.41, 5.74) is 2.64. The largest absolute Gasteiger partial charge is 0.490 e. The first-order valence-corrected chi connectivity index (χ1v) is 6.49. The molecular formula is C14H18F3NO3. The summed E-state index contributed by atoms with van der Waals surface area (Å²) < 4.78 is 43.1. The van der Waals surface area contributed by atoms with E-state index >= 15 is 0 Å². The van der Waals surface area contributed by atoms with Gasteiger partial charge in [0, 0.05) is 0 Å². The Balaban J connectivity index is 3.05. The molecule has 0 saturated carbocycles. The molecule has 1 rings (SSSR count). The van der Waals surface area contributed by atoms with Gasteiger partial charge in [0.15, 0.2) is 0 Å². The number of aliphatic hydroxyl groups is 1. The zero-order valence-electron chi connectivity index (χ0n) is 11.8. The van der Waals surface area contributed by atoms with Crippen LogP contribution in [0.25, 0.3) is 0 Å². The summed E-state index contributed by atoms with van der Waals surface area (Å²) in [7, 11) is 0.